The number of anilines is 2. The lowest BCUT2D eigenvalue weighted by atomic mass is 10.1. The van der Waals surface area contributed by atoms with Crippen molar-refractivity contribution in [2.75, 3.05) is 10.6 Å². The quantitative estimate of drug-likeness (QED) is 0.614. The Bertz CT molecular complexity index is 968. The van der Waals surface area contributed by atoms with Crippen LogP contribution in [0.1, 0.15) is 41.0 Å². The number of nitrogen functional groups attached to an aromatic ring is 1. The fraction of sp³-hybridized carbons (Fsp3) is 0.130. The molecular formula is C23H22N2O3. The molecule has 0 bridgehead atoms. The molecule has 28 heavy (non-hydrogen) atoms. The summed E-state index contributed by atoms with van der Waals surface area (Å²) in [5, 5.41) is 0. The van der Waals surface area contributed by atoms with Gasteiger partial charge in [-0.25, -0.2) is 4.90 Å². The van der Waals surface area contributed by atoms with Gasteiger partial charge in [0.25, 0.3) is 11.8 Å². The number of hydrogen-bond donors (Lipinski definition) is 1. The molecule has 0 atom stereocenters. The standard InChI is InChI=1S/C21H16N2O3.C2H6/c22-18-12-11-15(26-14-7-3-1-2-4-8-14)13-19(18)23-20(24)16-9-5-6-10-17(16)21(23)25;1-2/h1,3-13H,2,22H2;1-2H3. The molecule has 0 fully saturated rings. The Morgan fingerprint density at radius 1 is 0.964 bits per heavy atom. The van der Waals surface area contributed by atoms with Crippen molar-refractivity contribution in [1.29, 1.82) is 0 Å². The summed E-state index contributed by atoms with van der Waals surface area (Å²) < 4.78 is 5.86. The normalized spacial score (nSPS) is 14.8. The maximum Gasteiger partial charge on any atom is 0.266 e. The number of allylic oxidation sites excluding steroid dienone is 5. The van der Waals surface area contributed by atoms with E-state index in [4.69, 9.17) is 10.5 Å². The summed E-state index contributed by atoms with van der Waals surface area (Å²) in [6.45, 7) is 4.00. The number of hydrogen-bond acceptors (Lipinski definition) is 4. The van der Waals surface area contributed by atoms with E-state index < -0.39 is 0 Å². The first-order valence-corrected chi connectivity index (χ1v) is 9.24. The first-order valence-electron chi connectivity index (χ1n) is 9.24. The van der Waals surface area contributed by atoms with Gasteiger partial charge in [-0.2, -0.15) is 0 Å². The summed E-state index contributed by atoms with van der Waals surface area (Å²) in [7, 11) is 0. The molecule has 0 aromatic heterocycles. The van der Waals surface area contributed by atoms with E-state index in [0.717, 1.165) is 11.3 Å². The van der Waals surface area contributed by atoms with Crippen LogP contribution in [0.3, 0.4) is 0 Å². The Morgan fingerprint density at radius 3 is 2.32 bits per heavy atom. The zero-order chi connectivity index (χ0) is 20.1. The van der Waals surface area contributed by atoms with Crippen LogP contribution in [0.15, 0.2) is 78.6 Å². The van der Waals surface area contributed by atoms with Gasteiger partial charge in [0.1, 0.15) is 11.5 Å². The van der Waals surface area contributed by atoms with Crippen LogP contribution >= 0.6 is 0 Å². The molecule has 1 heterocycles. The minimum Gasteiger partial charge on any atom is -0.457 e. The van der Waals surface area contributed by atoms with E-state index >= 15 is 0 Å². The van der Waals surface area contributed by atoms with Crippen LogP contribution in [-0.4, -0.2) is 11.8 Å². The van der Waals surface area contributed by atoms with Crippen molar-refractivity contribution in [3.63, 3.8) is 0 Å². The number of carbonyl (C=O) groups excluding carboxylic acids is 2. The van der Waals surface area contributed by atoms with E-state index in [2.05, 4.69) is 0 Å². The predicted molar refractivity (Wildman–Crippen MR) is 111 cm³/mol. The molecule has 2 N–H and O–H groups in total. The Labute approximate surface area is 164 Å². The predicted octanol–water partition coefficient (Wildman–Crippen LogP) is 4.87. The number of nitrogens with zero attached hydrogens (tertiary/aromatic N) is 1. The third kappa shape index (κ3) is 3.60. The fourth-order valence-corrected chi connectivity index (χ4v) is 2.95. The van der Waals surface area contributed by atoms with E-state index in [9.17, 15) is 9.59 Å². The van der Waals surface area contributed by atoms with Gasteiger partial charge in [-0.15, -0.1) is 0 Å². The number of rotatable bonds is 3. The lowest BCUT2D eigenvalue weighted by molar-refractivity contribution is 0.0926. The SMILES string of the molecule is CC.Nc1ccc(OC2=CC=CCC=C2)cc1N1C(=O)c2ccccc2C1=O. The number of ether oxygens (including phenoxy) is 1. The molecule has 0 radical (unpaired) electrons. The van der Waals surface area contributed by atoms with Crippen LogP contribution in [0, 0.1) is 0 Å². The molecule has 5 heteroatoms. The number of fused-ring (bicyclic) bond motifs is 1. The lowest BCUT2D eigenvalue weighted by Crippen LogP contribution is -2.30. The molecule has 1 aliphatic carbocycles. The second-order valence-electron chi connectivity index (χ2n) is 5.95. The third-order valence-electron chi connectivity index (χ3n) is 4.22. The highest BCUT2D eigenvalue weighted by atomic mass is 16.5. The topological polar surface area (TPSA) is 72.6 Å². The van der Waals surface area contributed by atoms with Crippen LogP contribution in [-0.2, 0) is 0 Å². The van der Waals surface area contributed by atoms with Gasteiger partial charge in [0.2, 0.25) is 0 Å². The average Bonchev–Trinajstić information content (AvgIpc) is 2.88. The highest BCUT2D eigenvalue weighted by molar-refractivity contribution is 6.35. The van der Waals surface area contributed by atoms with Gasteiger partial charge in [-0.3, -0.25) is 9.59 Å². The van der Waals surface area contributed by atoms with E-state index in [1.54, 1.807) is 42.5 Å². The van der Waals surface area contributed by atoms with Crippen molar-refractivity contribution < 1.29 is 14.3 Å². The van der Waals surface area contributed by atoms with Gasteiger partial charge in [-0.1, -0.05) is 44.2 Å². The Balaban J connectivity index is 0.00000109. The van der Waals surface area contributed by atoms with E-state index in [-0.39, 0.29) is 11.8 Å². The first kappa shape index (κ1) is 19.2. The molecule has 2 aromatic carbocycles. The molecule has 2 aliphatic rings. The van der Waals surface area contributed by atoms with Crippen molar-refractivity contribution in [3.8, 4) is 5.75 Å². The number of carbonyl (C=O) groups is 2. The van der Waals surface area contributed by atoms with Crippen molar-refractivity contribution in [1.82, 2.24) is 0 Å². The second kappa shape index (κ2) is 8.39. The van der Waals surface area contributed by atoms with E-state index in [1.807, 2.05) is 44.2 Å². The maximum atomic E-state index is 12.7. The maximum absolute atomic E-state index is 12.7. The van der Waals surface area contributed by atoms with Gasteiger partial charge in [0.15, 0.2) is 0 Å². The van der Waals surface area contributed by atoms with Crippen molar-refractivity contribution in [2.24, 2.45) is 0 Å². The first-order chi connectivity index (χ1) is 13.6. The molecule has 2 amide bonds. The second-order valence-corrected chi connectivity index (χ2v) is 5.95. The molecule has 0 spiro atoms. The summed E-state index contributed by atoms with van der Waals surface area (Å²) in [4.78, 5) is 26.5. The van der Waals surface area contributed by atoms with E-state index in [0.29, 0.717) is 34.0 Å². The Hall–Kier alpha value is -3.60. The minimum atomic E-state index is -0.383. The summed E-state index contributed by atoms with van der Waals surface area (Å²) in [6.07, 6.45) is 10.5. The van der Waals surface area contributed by atoms with Gasteiger partial charge < -0.3 is 10.5 Å². The van der Waals surface area contributed by atoms with Crippen molar-refractivity contribution in [3.05, 3.63) is 89.7 Å². The largest absolute Gasteiger partial charge is 0.457 e. The molecule has 0 unspecified atom stereocenters. The Kier molecular flexibility index (Phi) is 5.75. The fourth-order valence-electron chi connectivity index (χ4n) is 2.95. The zero-order valence-electron chi connectivity index (χ0n) is 15.9. The average molecular weight is 374 g/mol. The van der Waals surface area contributed by atoms with Crippen molar-refractivity contribution in [2.45, 2.75) is 20.3 Å². The number of amides is 2. The summed E-state index contributed by atoms with van der Waals surface area (Å²) in [5.41, 5.74) is 7.45. The number of benzene rings is 2. The smallest absolute Gasteiger partial charge is 0.266 e. The molecule has 0 saturated heterocycles. The van der Waals surface area contributed by atoms with E-state index in [1.165, 1.54) is 0 Å². The number of nitrogens with two attached hydrogens (primary N) is 1. The number of imide groups is 1. The molecule has 0 saturated carbocycles. The molecule has 5 nitrogen and oxygen atoms in total. The van der Waals surface area contributed by atoms with Crippen LogP contribution < -0.4 is 15.4 Å². The Morgan fingerprint density at radius 2 is 1.64 bits per heavy atom. The van der Waals surface area contributed by atoms with Crippen molar-refractivity contribution >= 4 is 23.2 Å². The monoisotopic (exact) mass is 374 g/mol. The van der Waals surface area contributed by atoms with Gasteiger partial charge in [0, 0.05) is 6.07 Å². The van der Waals surface area contributed by atoms with Crippen LogP contribution in [0.4, 0.5) is 11.4 Å². The van der Waals surface area contributed by atoms with Crippen LogP contribution in [0.2, 0.25) is 0 Å². The molecule has 2 aromatic rings. The minimum absolute atomic E-state index is 0.322. The lowest BCUT2D eigenvalue weighted by Gasteiger charge is -2.17. The highest BCUT2D eigenvalue weighted by Crippen LogP contribution is 2.35. The van der Waals surface area contributed by atoms with Gasteiger partial charge in [0.05, 0.1) is 22.5 Å². The zero-order valence-corrected chi connectivity index (χ0v) is 15.9. The molecule has 4 rings (SSSR count). The van der Waals surface area contributed by atoms with Crippen LogP contribution in [0.25, 0.3) is 0 Å². The van der Waals surface area contributed by atoms with Gasteiger partial charge in [-0.05, 0) is 42.8 Å². The van der Waals surface area contributed by atoms with Crippen LogP contribution in [0.5, 0.6) is 5.75 Å². The third-order valence-corrected chi connectivity index (χ3v) is 4.22. The summed E-state index contributed by atoms with van der Waals surface area (Å²) in [6, 6.07) is 11.7. The molecular weight excluding hydrogens is 352 g/mol. The highest BCUT2D eigenvalue weighted by Gasteiger charge is 2.37. The molecule has 1 aliphatic heterocycles. The molecule has 142 valence electrons. The summed E-state index contributed by atoms with van der Waals surface area (Å²) >= 11 is 0. The van der Waals surface area contributed by atoms with Gasteiger partial charge >= 0.3 is 0 Å². The summed E-state index contributed by atoms with van der Waals surface area (Å²) in [5.74, 6) is 0.394.